The minimum atomic E-state index is 0.617. The van der Waals surface area contributed by atoms with E-state index in [1.165, 1.54) is 25.7 Å². The van der Waals surface area contributed by atoms with E-state index in [0.717, 1.165) is 28.1 Å². The lowest BCUT2D eigenvalue weighted by molar-refractivity contribution is 0.572. The standard InChI is InChI=1S/C15H18Br2/c16-13(5-6-13)9-11(1-2-11)15(9)10(12(15)3-4-12)14(17)7-8-14/h9-10H,1-8H2/t9-,10+,15?. The molecular weight excluding hydrogens is 340 g/mol. The van der Waals surface area contributed by atoms with E-state index in [0.29, 0.717) is 8.65 Å². The zero-order valence-electron chi connectivity index (χ0n) is 10.1. The summed E-state index contributed by atoms with van der Waals surface area (Å²) in [6, 6.07) is 0. The van der Waals surface area contributed by atoms with Crippen molar-refractivity contribution in [2.75, 3.05) is 0 Å². The summed E-state index contributed by atoms with van der Waals surface area (Å²) in [5.74, 6) is 2.18. The summed E-state index contributed by atoms with van der Waals surface area (Å²) in [4.78, 5) is 0. The van der Waals surface area contributed by atoms with Crippen LogP contribution in [0.25, 0.3) is 0 Å². The first-order chi connectivity index (χ1) is 8.06. The number of rotatable bonds is 2. The molecule has 0 amide bonds. The van der Waals surface area contributed by atoms with Crippen molar-refractivity contribution in [1.82, 2.24) is 0 Å². The molecule has 6 fully saturated rings. The molecule has 3 atom stereocenters. The van der Waals surface area contributed by atoms with E-state index in [-0.39, 0.29) is 0 Å². The van der Waals surface area contributed by atoms with Gasteiger partial charge in [-0.05, 0) is 79.4 Å². The van der Waals surface area contributed by atoms with E-state index in [2.05, 4.69) is 31.9 Å². The first-order valence-electron chi connectivity index (χ1n) is 7.44. The third-order valence-corrected chi connectivity index (χ3v) is 10.1. The molecule has 3 spiro atoms. The molecule has 0 aromatic carbocycles. The second-order valence-electron chi connectivity index (χ2n) is 8.12. The highest BCUT2D eigenvalue weighted by Crippen LogP contribution is 3.10. The molecule has 6 aliphatic rings. The Morgan fingerprint density at radius 1 is 0.588 bits per heavy atom. The van der Waals surface area contributed by atoms with Gasteiger partial charge in [0.15, 0.2) is 0 Å². The van der Waals surface area contributed by atoms with Crippen LogP contribution in [0.2, 0.25) is 0 Å². The Kier molecular flexibility index (Phi) is 1.23. The van der Waals surface area contributed by atoms with Crippen LogP contribution in [0.3, 0.4) is 0 Å². The molecule has 0 N–H and O–H groups in total. The van der Waals surface area contributed by atoms with E-state index in [1.54, 1.807) is 25.7 Å². The van der Waals surface area contributed by atoms with Crippen molar-refractivity contribution in [2.24, 2.45) is 28.1 Å². The van der Waals surface area contributed by atoms with Crippen LogP contribution in [0.4, 0.5) is 0 Å². The minimum Gasteiger partial charge on any atom is -0.0850 e. The SMILES string of the molecule is BrC1([C@@H]2C3(CC3)C23[C@@H](C2(Br)CC2)C32CC2)CC1. The number of hydrogen-bond acceptors (Lipinski definition) is 0. The summed E-state index contributed by atoms with van der Waals surface area (Å²) in [6.45, 7) is 0. The van der Waals surface area contributed by atoms with Crippen molar-refractivity contribution in [3.05, 3.63) is 0 Å². The van der Waals surface area contributed by atoms with Gasteiger partial charge in [-0.25, -0.2) is 0 Å². The van der Waals surface area contributed by atoms with Crippen LogP contribution in [-0.4, -0.2) is 8.65 Å². The Morgan fingerprint density at radius 3 is 1.18 bits per heavy atom. The van der Waals surface area contributed by atoms with Gasteiger partial charge in [-0.1, -0.05) is 31.9 Å². The van der Waals surface area contributed by atoms with Crippen molar-refractivity contribution >= 4 is 31.9 Å². The largest absolute Gasteiger partial charge is 0.0850 e. The third-order valence-electron chi connectivity index (χ3n) is 7.56. The van der Waals surface area contributed by atoms with Gasteiger partial charge >= 0.3 is 0 Å². The first kappa shape index (κ1) is 9.80. The second-order valence-corrected chi connectivity index (χ2v) is 11.3. The van der Waals surface area contributed by atoms with Gasteiger partial charge in [-0.3, -0.25) is 0 Å². The van der Waals surface area contributed by atoms with E-state index >= 15 is 0 Å². The number of alkyl halides is 2. The highest BCUT2D eigenvalue weighted by atomic mass is 79.9. The van der Waals surface area contributed by atoms with Crippen LogP contribution in [0.1, 0.15) is 51.4 Å². The molecular formula is C15H18Br2. The van der Waals surface area contributed by atoms with Gasteiger partial charge < -0.3 is 0 Å². The molecule has 0 aromatic heterocycles. The molecule has 6 saturated carbocycles. The predicted molar refractivity (Wildman–Crippen MR) is 74.5 cm³/mol. The summed E-state index contributed by atoms with van der Waals surface area (Å²) in [6.07, 6.45) is 12.2. The van der Waals surface area contributed by atoms with Gasteiger partial charge in [-0.15, -0.1) is 0 Å². The minimum absolute atomic E-state index is 0.617. The lowest BCUT2D eigenvalue weighted by atomic mass is 10.1. The fourth-order valence-corrected chi connectivity index (χ4v) is 8.77. The molecule has 0 nitrogen and oxygen atoms in total. The molecule has 6 rings (SSSR count). The lowest BCUT2D eigenvalue weighted by Crippen LogP contribution is -2.07. The second kappa shape index (κ2) is 2.14. The molecule has 92 valence electrons. The fraction of sp³-hybridized carbons (Fsp3) is 1.00. The van der Waals surface area contributed by atoms with E-state index in [9.17, 15) is 0 Å². The number of fused-ring (bicyclic) bond motifs is 2. The normalized spacial score (nSPS) is 58.2. The van der Waals surface area contributed by atoms with Gasteiger partial charge in [0.05, 0.1) is 0 Å². The van der Waals surface area contributed by atoms with Crippen molar-refractivity contribution in [1.29, 1.82) is 0 Å². The Balaban J connectivity index is 1.50. The zero-order chi connectivity index (χ0) is 11.3. The highest BCUT2D eigenvalue weighted by molar-refractivity contribution is 9.10. The summed E-state index contributed by atoms with van der Waals surface area (Å²) in [5, 5.41) is 0. The van der Waals surface area contributed by atoms with Crippen molar-refractivity contribution in [2.45, 2.75) is 60.0 Å². The average molecular weight is 358 g/mol. The third kappa shape index (κ3) is 0.754. The quantitative estimate of drug-likeness (QED) is 0.631. The van der Waals surface area contributed by atoms with E-state index in [4.69, 9.17) is 0 Å². The molecule has 0 saturated heterocycles. The van der Waals surface area contributed by atoms with E-state index in [1.807, 2.05) is 0 Å². The number of hydrogen-bond donors (Lipinski definition) is 0. The van der Waals surface area contributed by atoms with Gasteiger partial charge in [-0.2, -0.15) is 0 Å². The Morgan fingerprint density at radius 2 is 0.941 bits per heavy atom. The molecule has 0 aromatic rings. The summed E-state index contributed by atoms with van der Waals surface area (Å²) >= 11 is 8.25. The van der Waals surface area contributed by atoms with Crippen LogP contribution in [0.15, 0.2) is 0 Å². The molecule has 0 heterocycles. The molecule has 0 radical (unpaired) electrons. The molecule has 0 aliphatic heterocycles. The van der Waals surface area contributed by atoms with Gasteiger partial charge in [0, 0.05) is 8.65 Å². The highest BCUT2D eigenvalue weighted by Gasteiger charge is 3.07. The monoisotopic (exact) mass is 356 g/mol. The maximum atomic E-state index is 4.13. The van der Waals surface area contributed by atoms with Gasteiger partial charge in [0.25, 0.3) is 0 Å². The average Bonchev–Trinajstić information content (AvgIpc) is 3.03. The van der Waals surface area contributed by atoms with E-state index < -0.39 is 0 Å². The van der Waals surface area contributed by atoms with Crippen LogP contribution < -0.4 is 0 Å². The van der Waals surface area contributed by atoms with Gasteiger partial charge in [0.1, 0.15) is 0 Å². The summed E-state index contributed by atoms with van der Waals surface area (Å²) in [7, 11) is 0. The Bertz CT molecular complexity index is 419. The molecule has 17 heavy (non-hydrogen) atoms. The smallest absolute Gasteiger partial charge is 0.0298 e. The van der Waals surface area contributed by atoms with Crippen molar-refractivity contribution < 1.29 is 0 Å². The predicted octanol–water partition coefficient (Wildman–Crippen LogP) is 4.65. The van der Waals surface area contributed by atoms with Gasteiger partial charge in [0.2, 0.25) is 0 Å². The van der Waals surface area contributed by atoms with Crippen LogP contribution in [0.5, 0.6) is 0 Å². The Hall–Kier alpha value is 0.960. The molecule has 0 bridgehead atoms. The summed E-state index contributed by atoms with van der Waals surface area (Å²) in [5.41, 5.74) is 2.56. The first-order valence-corrected chi connectivity index (χ1v) is 9.02. The topological polar surface area (TPSA) is 0 Å². The number of halogens is 2. The maximum Gasteiger partial charge on any atom is 0.0298 e. The van der Waals surface area contributed by atoms with Crippen molar-refractivity contribution in [3.8, 4) is 0 Å². The molecule has 6 aliphatic carbocycles. The molecule has 1 unspecified atom stereocenters. The summed E-state index contributed by atoms with van der Waals surface area (Å²) < 4.78 is 1.23. The molecule has 2 heteroatoms. The zero-order valence-corrected chi connectivity index (χ0v) is 13.2. The maximum absolute atomic E-state index is 4.13. The Labute approximate surface area is 120 Å². The van der Waals surface area contributed by atoms with Crippen molar-refractivity contribution in [3.63, 3.8) is 0 Å². The van der Waals surface area contributed by atoms with Crippen LogP contribution in [0, 0.1) is 28.1 Å². The lowest BCUT2D eigenvalue weighted by Gasteiger charge is -2.06. The van der Waals surface area contributed by atoms with Crippen LogP contribution >= 0.6 is 31.9 Å². The van der Waals surface area contributed by atoms with Crippen LogP contribution in [-0.2, 0) is 0 Å². The fourth-order valence-electron chi connectivity index (χ4n) is 6.78.